The average Bonchev–Trinajstić information content (AvgIpc) is 2.69. The molecule has 1 aromatic heterocycles. The Hall–Kier alpha value is -0.900. The maximum absolute atomic E-state index is 5.32. The first kappa shape index (κ1) is 10.6. The van der Waals surface area contributed by atoms with Gasteiger partial charge in [0, 0.05) is 5.41 Å². The zero-order valence-electron chi connectivity index (χ0n) is 9.87. The molecule has 2 unspecified atom stereocenters. The van der Waals surface area contributed by atoms with E-state index < -0.39 is 0 Å². The van der Waals surface area contributed by atoms with E-state index >= 15 is 0 Å². The summed E-state index contributed by atoms with van der Waals surface area (Å²) in [6.45, 7) is 9.53. The Bertz CT molecular complexity index is 340. The van der Waals surface area contributed by atoms with E-state index in [0.717, 1.165) is 18.3 Å². The molecule has 84 valence electrons. The lowest BCUT2D eigenvalue weighted by Crippen LogP contribution is -2.18. The van der Waals surface area contributed by atoms with Gasteiger partial charge in [-0.1, -0.05) is 32.9 Å². The summed E-state index contributed by atoms with van der Waals surface area (Å²) in [5.74, 6) is 2.11. The van der Waals surface area contributed by atoms with Crippen molar-refractivity contribution in [2.75, 3.05) is 6.54 Å². The van der Waals surface area contributed by atoms with Crippen molar-refractivity contribution < 1.29 is 4.52 Å². The maximum Gasteiger partial charge on any atom is 0.244 e. The third-order valence-corrected chi connectivity index (χ3v) is 2.91. The molecule has 15 heavy (non-hydrogen) atoms. The fraction of sp³-hybridized carbons (Fsp3) is 0.818. The van der Waals surface area contributed by atoms with Crippen molar-refractivity contribution >= 4 is 0 Å². The first-order valence-electron chi connectivity index (χ1n) is 5.56. The van der Waals surface area contributed by atoms with Gasteiger partial charge < -0.3 is 9.84 Å². The minimum absolute atomic E-state index is 0.0381. The van der Waals surface area contributed by atoms with Crippen molar-refractivity contribution in [3.63, 3.8) is 0 Å². The zero-order chi connectivity index (χ0) is 11.1. The fourth-order valence-electron chi connectivity index (χ4n) is 1.83. The molecule has 0 bridgehead atoms. The van der Waals surface area contributed by atoms with E-state index in [4.69, 9.17) is 4.52 Å². The van der Waals surface area contributed by atoms with Gasteiger partial charge in [-0.05, 0) is 18.9 Å². The van der Waals surface area contributed by atoms with E-state index in [9.17, 15) is 0 Å². The third kappa shape index (κ3) is 2.04. The zero-order valence-corrected chi connectivity index (χ0v) is 9.87. The molecule has 4 nitrogen and oxygen atoms in total. The molecule has 1 aliphatic heterocycles. The van der Waals surface area contributed by atoms with Crippen molar-refractivity contribution in [1.82, 2.24) is 15.5 Å². The summed E-state index contributed by atoms with van der Waals surface area (Å²) in [4.78, 5) is 4.47. The molecule has 0 aliphatic carbocycles. The summed E-state index contributed by atoms with van der Waals surface area (Å²) in [6, 6.07) is 0.244. The van der Waals surface area contributed by atoms with Crippen LogP contribution in [0.1, 0.15) is 51.9 Å². The molecule has 1 aliphatic rings. The van der Waals surface area contributed by atoms with Crippen LogP contribution in [0.15, 0.2) is 4.52 Å². The number of nitrogens with zero attached hydrogens (tertiary/aromatic N) is 2. The summed E-state index contributed by atoms with van der Waals surface area (Å²) in [6.07, 6.45) is 1.18. The van der Waals surface area contributed by atoms with Crippen LogP contribution in [0.25, 0.3) is 0 Å². The maximum atomic E-state index is 5.32. The van der Waals surface area contributed by atoms with Gasteiger partial charge >= 0.3 is 0 Å². The molecule has 1 fully saturated rings. The largest absolute Gasteiger partial charge is 0.338 e. The topological polar surface area (TPSA) is 51.0 Å². The van der Waals surface area contributed by atoms with Crippen LogP contribution in [0.3, 0.4) is 0 Å². The normalized spacial score (nSPS) is 27.2. The molecule has 2 heterocycles. The van der Waals surface area contributed by atoms with E-state index in [1.807, 2.05) is 0 Å². The van der Waals surface area contributed by atoms with E-state index in [0.29, 0.717) is 5.92 Å². The second-order valence-electron chi connectivity index (χ2n) is 5.40. The van der Waals surface area contributed by atoms with Crippen LogP contribution in [-0.2, 0) is 5.41 Å². The molecule has 0 spiro atoms. The van der Waals surface area contributed by atoms with Crippen LogP contribution in [-0.4, -0.2) is 16.7 Å². The average molecular weight is 209 g/mol. The van der Waals surface area contributed by atoms with Gasteiger partial charge in [0.25, 0.3) is 0 Å². The predicted molar refractivity (Wildman–Crippen MR) is 57.5 cm³/mol. The quantitative estimate of drug-likeness (QED) is 0.769. The van der Waals surface area contributed by atoms with Gasteiger partial charge in [0.1, 0.15) is 0 Å². The van der Waals surface area contributed by atoms with Crippen molar-refractivity contribution in [2.24, 2.45) is 5.92 Å². The standard InChI is InChI=1S/C11H19N3O/c1-7-5-6-12-8(7)9-13-10(14-15-9)11(2,3)4/h7-8,12H,5-6H2,1-4H3. The van der Waals surface area contributed by atoms with E-state index in [1.54, 1.807) is 0 Å². The lowest BCUT2D eigenvalue weighted by Gasteiger charge is -2.12. The highest BCUT2D eigenvalue weighted by Crippen LogP contribution is 2.29. The Morgan fingerprint density at radius 1 is 1.40 bits per heavy atom. The van der Waals surface area contributed by atoms with Crippen molar-refractivity contribution in [3.8, 4) is 0 Å². The first-order valence-corrected chi connectivity index (χ1v) is 5.56. The molecule has 2 atom stereocenters. The smallest absolute Gasteiger partial charge is 0.244 e. The Kier molecular flexibility index (Phi) is 2.54. The molecule has 1 N–H and O–H groups in total. The van der Waals surface area contributed by atoms with Crippen LogP contribution in [0, 0.1) is 5.92 Å². The molecule has 1 saturated heterocycles. The number of hydrogen-bond acceptors (Lipinski definition) is 4. The van der Waals surface area contributed by atoms with Crippen LogP contribution in [0.5, 0.6) is 0 Å². The van der Waals surface area contributed by atoms with Gasteiger partial charge in [-0.25, -0.2) is 0 Å². The van der Waals surface area contributed by atoms with Gasteiger partial charge in [-0.2, -0.15) is 4.98 Å². The van der Waals surface area contributed by atoms with Gasteiger partial charge in [0.05, 0.1) is 6.04 Å². The highest BCUT2D eigenvalue weighted by atomic mass is 16.5. The monoisotopic (exact) mass is 209 g/mol. The number of hydrogen-bond donors (Lipinski definition) is 1. The predicted octanol–water partition coefficient (Wildman–Crippen LogP) is 2.04. The van der Waals surface area contributed by atoms with Gasteiger partial charge in [-0.15, -0.1) is 0 Å². The summed E-state index contributed by atoms with van der Waals surface area (Å²) < 4.78 is 5.32. The molecule has 0 aromatic carbocycles. The Morgan fingerprint density at radius 2 is 2.13 bits per heavy atom. The SMILES string of the molecule is CC1CCNC1c1nc(C(C)(C)C)no1. The fourth-order valence-corrected chi connectivity index (χ4v) is 1.83. The third-order valence-electron chi connectivity index (χ3n) is 2.91. The van der Waals surface area contributed by atoms with Gasteiger partial charge in [-0.3, -0.25) is 0 Å². The number of aromatic nitrogens is 2. The van der Waals surface area contributed by atoms with E-state index in [1.165, 1.54) is 6.42 Å². The molecule has 2 rings (SSSR count). The van der Waals surface area contributed by atoms with Crippen LogP contribution in [0.4, 0.5) is 0 Å². The Balaban J connectivity index is 2.20. The second kappa shape index (κ2) is 3.59. The first-order chi connectivity index (χ1) is 6.98. The molecular weight excluding hydrogens is 190 g/mol. The molecule has 0 amide bonds. The molecule has 0 saturated carbocycles. The van der Waals surface area contributed by atoms with Crippen molar-refractivity contribution in [1.29, 1.82) is 0 Å². The summed E-state index contributed by atoms with van der Waals surface area (Å²) in [7, 11) is 0. The van der Waals surface area contributed by atoms with E-state index in [-0.39, 0.29) is 11.5 Å². The summed E-state index contributed by atoms with van der Waals surface area (Å²) >= 11 is 0. The second-order valence-corrected chi connectivity index (χ2v) is 5.40. The van der Waals surface area contributed by atoms with Crippen molar-refractivity contribution in [2.45, 2.75) is 45.6 Å². The minimum atomic E-state index is -0.0381. The Morgan fingerprint density at radius 3 is 2.60 bits per heavy atom. The summed E-state index contributed by atoms with van der Waals surface area (Å²) in [5, 5.41) is 7.43. The van der Waals surface area contributed by atoms with Crippen molar-refractivity contribution in [3.05, 3.63) is 11.7 Å². The molecule has 4 heteroatoms. The number of nitrogens with one attached hydrogen (secondary N) is 1. The Labute approximate surface area is 90.4 Å². The minimum Gasteiger partial charge on any atom is -0.338 e. The highest BCUT2D eigenvalue weighted by Gasteiger charge is 2.31. The van der Waals surface area contributed by atoms with Crippen LogP contribution >= 0.6 is 0 Å². The van der Waals surface area contributed by atoms with Crippen LogP contribution < -0.4 is 5.32 Å². The molecule has 0 radical (unpaired) electrons. The van der Waals surface area contributed by atoms with E-state index in [2.05, 4.69) is 43.2 Å². The number of rotatable bonds is 1. The lowest BCUT2D eigenvalue weighted by atomic mass is 9.96. The van der Waals surface area contributed by atoms with Crippen LogP contribution in [0.2, 0.25) is 0 Å². The molecule has 1 aromatic rings. The van der Waals surface area contributed by atoms with Gasteiger partial charge in [0.15, 0.2) is 5.82 Å². The summed E-state index contributed by atoms with van der Waals surface area (Å²) in [5.41, 5.74) is -0.0381. The van der Waals surface area contributed by atoms with Gasteiger partial charge in [0.2, 0.25) is 5.89 Å². The highest BCUT2D eigenvalue weighted by molar-refractivity contribution is 5.04. The molecular formula is C11H19N3O. The lowest BCUT2D eigenvalue weighted by molar-refractivity contribution is 0.313.